The lowest BCUT2D eigenvalue weighted by atomic mass is 10.4. The summed E-state index contributed by atoms with van der Waals surface area (Å²) < 4.78 is 30.5. The van der Waals surface area contributed by atoms with Gasteiger partial charge in [-0.15, -0.1) is 0 Å². The van der Waals surface area contributed by atoms with Crippen LogP contribution in [0.5, 0.6) is 0 Å². The second-order valence-corrected chi connectivity index (χ2v) is 5.80. The topological polar surface area (TPSA) is 99.8 Å². The predicted octanol–water partition coefficient (Wildman–Crippen LogP) is -0.0382. The van der Waals surface area contributed by atoms with Crippen LogP contribution in [0.2, 0.25) is 0 Å². The first-order valence-electron chi connectivity index (χ1n) is 5.56. The Labute approximate surface area is 104 Å². The summed E-state index contributed by atoms with van der Waals surface area (Å²) in [4.78, 5) is 10.7. The van der Waals surface area contributed by atoms with Gasteiger partial charge in [0.2, 0.25) is 10.9 Å². The highest BCUT2D eigenvalue weighted by atomic mass is 32.2. The van der Waals surface area contributed by atoms with Crippen molar-refractivity contribution in [1.82, 2.24) is 9.62 Å². The molecule has 0 aliphatic carbocycles. The van der Waals surface area contributed by atoms with Crippen molar-refractivity contribution in [2.24, 2.45) is 0 Å². The molecule has 7 nitrogen and oxygen atoms in total. The molecule has 100 valence electrons. The minimum Gasteiger partial charge on any atom is -0.475 e. The number of hydrogen-bond donors (Lipinski definition) is 2. The summed E-state index contributed by atoms with van der Waals surface area (Å²) >= 11 is 0. The summed E-state index contributed by atoms with van der Waals surface area (Å²) in [5, 5.41) is 11.5. The number of furan rings is 1. The molecule has 8 heteroatoms. The summed E-state index contributed by atoms with van der Waals surface area (Å²) in [6, 6.07) is 2.32. The molecule has 1 aromatic heterocycles. The molecule has 1 fully saturated rings. The maximum absolute atomic E-state index is 12.2. The Hall–Kier alpha value is -1.38. The van der Waals surface area contributed by atoms with Crippen molar-refractivity contribution in [3.05, 3.63) is 17.9 Å². The molecule has 1 aromatic rings. The molecular weight excluding hydrogens is 260 g/mol. The Morgan fingerprint density at radius 3 is 2.78 bits per heavy atom. The average Bonchev–Trinajstić information content (AvgIpc) is 2.66. The number of nitrogens with one attached hydrogen (secondary N) is 1. The van der Waals surface area contributed by atoms with Gasteiger partial charge in [0.1, 0.15) is 0 Å². The second-order valence-electron chi connectivity index (χ2n) is 3.93. The van der Waals surface area contributed by atoms with Crippen LogP contribution < -0.4 is 5.32 Å². The maximum Gasteiger partial charge on any atom is 0.371 e. The van der Waals surface area contributed by atoms with Crippen molar-refractivity contribution in [2.45, 2.75) is 11.5 Å². The number of sulfonamides is 1. The van der Waals surface area contributed by atoms with Crippen LogP contribution in [0.25, 0.3) is 0 Å². The van der Waals surface area contributed by atoms with E-state index in [1.54, 1.807) is 0 Å². The largest absolute Gasteiger partial charge is 0.475 e. The van der Waals surface area contributed by atoms with Crippen LogP contribution in [-0.2, 0) is 10.0 Å². The highest BCUT2D eigenvalue weighted by molar-refractivity contribution is 7.89. The number of hydrogen-bond acceptors (Lipinski definition) is 5. The van der Waals surface area contributed by atoms with E-state index >= 15 is 0 Å². The molecule has 2 heterocycles. The Morgan fingerprint density at radius 1 is 1.33 bits per heavy atom. The standard InChI is InChI=1S/C10H14N2O5S/c13-10(14)8-2-3-9(17-8)18(15,16)12-6-1-4-11-5-7-12/h2-3,11H,1,4-7H2,(H,13,14). The number of carboxylic acid groups (broad SMARTS) is 1. The predicted molar refractivity (Wildman–Crippen MR) is 61.9 cm³/mol. The molecule has 0 saturated carbocycles. The fourth-order valence-electron chi connectivity index (χ4n) is 1.76. The van der Waals surface area contributed by atoms with E-state index in [-0.39, 0.29) is 10.9 Å². The number of carbonyl (C=O) groups is 1. The minimum absolute atomic E-state index is 0.318. The summed E-state index contributed by atoms with van der Waals surface area (Å²) in [6.07, 6.45) is 0.714. The SMILES string of the molecule is O=C(O)c1ccc(S(=O)(=O)N2CCCNCC2)o1. The average molecular weight is 274 g/mol. The van der Waals surface area contributed by atoms with Gasteiger partial charge in [-0.05, 0) is 25.1 Å². The third-order valence-electron chi connectivity index (χ3n) is 2.69. The highest BCUT2D eigenvalue weighted by Crippen LogP contribution is 2.19. The Balaban J connectivity index is 2.25. The number of aromatic carboxylic acids is 1. The van der Waals surface area contributed by atoms with Gasteiger partial charge in [-0.3, -0.25) is 0 Å². The number of nitrogens with zero attached hydrogens (tertiary/aromatic N) is 1. The van der Waals surface area contributed by atoms with Crippen LogP contribution >= 0.6 is 0 Å². The fraction of sp³-hybridized carbons (Fsp3) is 0.500. The zero-order chi connectivity index (χ0) is 13.2. The Bertz CT molecular complexity index is 528. The van der Waals surface area contributed by atoms with E-state index in [9.17, 15) is 13.2 Å². The van der Waals surface area contributed by atoms with Gasteiger partial charge in [-0.2, -0.15) is 4.31 Å². The lowest BCUT2D eigenvalue weighted by Gasteiger charge is -2.17. The van der Waals surface area contributed by atoms with Gasteiger partial charge < -0.3 is 14.8 Å². The molecule has 0 bridgehead atoms. The first kappa shape index (κ1) is 13.1. The van der Waals surface area contributed by atoms with Gasteiger partial charge in [0.15, 0.2) is 0 Å². The van der Waals surface area contributed by atoms with Crippen molar-refractivity contribution in [3.8, 4) is 0 Å². The van der Waals surface area contributed by atoms with Gasteiger partial charge in [0, 0.05) is 19.6 Å². The Morgan fingerprint density at radius 2 is 2.11 bits per heavy atom. The molecule has 2 rings (SSSR count). The van der Waals surface area contributed by atoms with Crippen molar-refractivity contribution in [2.75, 3.05) is 26.2 Å². The van der Waals surface area contributed by atoms with Crippen LogP contribution in [0.15, 0.2) is 21.6 Å². The molecule has 1 aliphatic heterocycles. The van der Waals surface area contributed by atoms with Crippen molar-refractivity contribution in [3.63, 3.8) is 0 Å². The first-order valence-corrected chi connectivity index (χ1v) is 7.00. The monoisotopic (exact) mass is 274 g/mol. The van der Waals surface area contributed by atoms with Gasteiger partial charge in [-0.1, -0.05) is 0 Å². The lowest BCUT2D eigenvalue weighted by Crippen LogP contribution is -2.34. The smallest absolute Gasteiger partial charge is 0.371 e. The molecular formula is C10H14N2O5S. The van der Waals surface area contributed by atoms with Crippen LogP contribution in [-0.4, -0.2) is 50.0 Å². The van der Waals surface area contributed by atoms with Gasteiger partial charge in [0.25, 0.3) is 10.0 Å². The van der Waals surface area contributed by atoms with E-state index in [4.69, 9.17) is 9.52 Å². The van der Waals surface area contributed by atoms with Gasteiger partial charge in [-0.25, -0.2) is 13.2 Å². The van der Waals surface area contributed by atoms with E-state index in [0.29, 0.717) is 26.1 Å². The summed E-state index contributed by atoms with van der Waals surface area (Å²) in [6.45, 7) is 2.10. The number of rotatable bonds is 3. The van der Waals surface area contributed by atoms with E-state index < -0.39 is 16.0 Å². The summed E-state index contributed by atoms with van der Waals surface area (Å²) in [5.41, 5.74) is 0. The van der Waals surface area contributed by atoms with E-state index in [1.165, 1.54) is 10.4 Å². The molecule has 0 atom stereocenters. The van der Waals surface area contributed by atoms with Crippen LogP contribution in [0, 0.1) is 0 Å². The fourth-order valence-corrected chi connectivity index (χ4v) is 3.15. The van der Waals surface area contributed by atoms with Crippen LogP contribution in [0.3, 0.4) is 0 Å². The first-order chi connectivity index (χ1) is 8.51. The molecule has 1 saturated heterocycles. The Kier molecular flexibility index (Phi) is 3.69. The molecule has 0 radical (unpaired) electrons. The van der Waals surface area contributed by atoms with Crippen molar-refractivity contribution in [1.29, 1.82) is 0 Å². The minimum atomic E-state index is -3.73. The molecule has 1 aliphatic rings. The number of carboxylic acids is 1. The van der Waals surface area contributed by atoms with E-state index in [1.807, 2.05) is 0 Å². The van der Waals surface area contributed by atoms with E-state index in [2.05, 4.69) is 5.32 Å². The van der Waals surface area contributed by atoms with E-state index in [0.717, 1.165) is 12.6 Å². The zero-order valence-electron chi connectivity index (χ0n) is 9.63. The zero-order valence-corrected chi connectivity index (χ0v) is 10.4. The third-order valence-corrected chi connectivity index (χ3v) is 4.46. The van der Waals surface area contributed by atoms with Crippen molar-refractivity contribution < 1.29 is 22.7 Å². The molecule has 0 unspecified atom stereocenters. The molecule has 0 spiro atoms. The molecule has 18 heavy (non-hydrogen) atoms. The molecule has 2 N–H and O–H groups in total. The maximum atomic E-state index is 12.2. The van der Waals surface area contributed by atoms with Gasteiger partial charge in [0.05, 0.1) is 0 Å². The lowest BCUT2D eigenvalue weighted by molar-refractivity contribution is 0.0656. The quantitative estimate of drug-likeness (QED) is 0.802. The molecule has 0 aromatic carbocycles. The third kappa shape index (κ3) is 2.55. The normalized spacial score (nSPS) is 18.4. The second kappa shape index (κ2) is 5.09. The van der Waals surface area contributed by atoms with Crippen molar-refractivity contribution >= 4 is 16.0 Å². The summed E-state index contributed by atoms with van der Waals surface area (Å²) in [5.74, 6) is -1.66. The summed E-state index contributed by atoms with van der Waals surface area (Å²) in [7, 11) is -3.73. The van der Waals surface area contributed by atoms with Crippen LogP contribution in [0.4, 0.5) is 0 Å². The highest BCUT2D eigenvalue weighted by Gasteiger charge is 2.28. The van der Waals surface area contributed by atoms with Crippen LogP contribution in [0.1, 0.15) is 17.0 Å². The van der Waals surface area contributed by atoms with Gasteiger partial charge >= 0.3 is 5.97 Å². The molecule has 0 amide bonds.